The van der Waals surface area contributed by atoms with E-state index in [0.29, 0.717) is 0 Å². The number of hydrogen-bond donors (Lipinski definition) is 0. The fourth-order valence-electron chi connectivity index (χ4n) is 8.43. The van der Waals surface area contributed by atoms with Crippen LogP contribution >= 0.6 is 0 Å². The minimum Gasteiger partial charge on any atom is -0.456 e. The van der Waals surface area contributed by atoms with E-state index in [2.05, 4.69) is 170 Å². The van der Waals surface area contributed by atoms with Gasteiger partial charge in [-0.2, -0.15) is 0 Å². The van der Waals surface area contributed by atoms with E-state index in [1.807, 2.05) is 0 Å². The van der Waals surface area contributed by atoms with Gasteiger partial charge in [-0.3, -0.25) is 0 Å². The van der Waals surface area contributed by atoms with Crippen LogP contribution in [0.5, 0.6) is 11.5 Å². The predicted molar refractivity (Wildman–Crippen MR) is 208 cm³/mol. The molecule has 0 fully saturated rings. The highest BCUT2D eigenvalue weighted by Gasteiger charge is 2.22. The maximum Gasteiger partial charge on any atom is 0.135 e. The first kappa shape index (κ1) is 26.6. The lowest BCUT2D eigenvalue weighted by atomic mass is 9.84. The molecule has 0 amide bonds. The molecule has 0 N–H and O–H groups in total. The van der Waals surface area contributed by atoms with Crippen molar-refractivity contribution in [2.45, 2.75) is 0 Å². The third kappa shape index (κ3) is 3.82. The van der Waals surface area contributed by atoms with Gasteiger partial charge in [0.15, 0.2) is 0 Å². The molecule has 49 heavy (non-hydrogen) atoms. The van der Waals surface area contributed by atoms with Crippen molar-refractivity contribution in [3.8, 4) is 44.9 Å². The maximum absolute atomic E-state index is 6.45. The van der Waals surface area contributed by atoms with Gasteiger partial charge in [0.2, 0.25) is 0 Å². The molecule has 0 aliphatic carbocycles. The van der Waals surface area contributed by atoms with E-state index >= 15 is 0 Å². The molecule has 1 aliphatic heterocycles. The zero-order chi connectivity index (χ0) is 32.1. The van der Waals surface area contributed by atoms with Crippen molar-refractivity contribution in [1.82, 2.24) is 0 Å². The Bertz CT molecular complexity index is 3020. The lowest BCUT2D eigenvalue weighted by Gasteiger charge is -2.22. The maximum atomic E-state index is 6.45. The van der Waals surface area contributed by atoms with Crippen LogP contribution in [0.1, 0.15) is 0 Å². The highest BCUT2D eigenvalue weighted by atomic mass is 16.5. The van der Waals surface area contributed by atoms with E-state index in [1.54, 1.807) is 0 Å². The van der Waals surface area contributed by atoms with Crippen molar-refractivity contribution < 1.29 is 4.74 Å². The van der Waals surface area contributed by atoms with Crippen LogP contribution < -0.4 is 4.74 Å². The fourth-order valence-corrected chi connectivity index (χ4v) is 8.43. The second kappa shape index (κ2) is 10.0. The van der Waals surface area contributed by atoms with Gasteiger partial charge in [0.25, 0.3) is 0 Å². The van der Waals surface area contributed by atoms with Gasteiger partial charge in [0.1, 0.15) is 11.5 Å². The summed E-state index contributed by atoms with van der Waals surface area (Å²) in [5.74, 6) is 1.82. The zero-order valence-corrected chi connectivity index (χ0v) is 26.6. The van der Waals surface area contributed by atoms with Crippen molar-refractivity contribution in [3.63, 3.8) is 0 Å². The smallest absolute Gasteiger partial charge is 0.135 e. The lowest BCUT2D eigenvalue weighted by Crippen LogP contribution is -1.97. The lowest BCUT2D eigenvalue weighted by molar-refractivity contribution is 0.487. The first-order valence-electron chi connectivity index (χ1n) is 16.9. The zero-order valence-electron chi connectivity index (χ0n) is 26.6. The molecule has 0 saturated heterocycles. The van der Waals surface area contributed by atoms with E-state index in [0.717, 1.165) is 17.1 Å². The van der Waals surface area contributed by atoms with Crippen molar-refractivity contribution in [2.24, 2.45) is 0 Å². The molecule has 11 rings (SSSR count). The summed E-state index contributed by atoms with van der Waals surface area (Å²) in [5, 5.41) is 15.1. The highest BCUT2D eigenvalue weighted by Crippen LogP contribution is 2.49. The van der Waals surface area contributed by atoms with Crippen LogP contribution in [0.3, 0.4) is 0 Å². The Morgan fingerprint density at radius 1 is 0.286 bits per heavy atom. The molecule has 1 nitrogen and oxygen atoms in total. The number of ether oxygens (including phenoxy) is 1. The van der Waals surface area contributed by atoms with Gasteiger partial charge in [-0.1, -0.05) is 146 Å². The van der Waals surface area contributed by atoms with Gasteiger partial charge in [-0.05, 0) is 111 Å². The fraction of sp³-hybridized carbons (Fsp3) is 0. The summed E-state index contributed by atoms with van der Waals surface area (Å²) in [5.41, 5.74) is 7.29. The van der Waals surface area contributed by atoms with Crippen molar-refractivity contribution >= 4 is 64.6 Å². The normalized spacial score (nSPS) is 12.2. The Morgan fingerprint density at radius 3 is 1.80 bits per heavy atom. The molecule has 0 bridgehead atoms. The summed E-state index contributed by atoms with van der Waals surface area (Å²) in [7, 11) is 0. The molecule has 0 saturated carbocycles. The topological polar surface area (TPSA) is 9.23 Å². The molecule has 0 spiro atoms. The Kier molecular flexibility index (Phi) is 5.45. The number of hydrogen-bond acceptors (Lipinski definition) is 1. The molecule has 226 valence electrons. The van der Waals surface area contributed by atoms with E-state index in [4.69, 9.17) is 4.74 Å². The first-order valence-corrected chi connectivity index (χ1v) is 16.9. The van der Waals surface area contributed by atoms with Gasteiger partial charge in [0, 0.05) is 10.9 Å². The summed E-state index contributed by atoms with van der Waals surface area (Å²) in [6.07, 6.45) is 0. The molecule has 1 heterocycles. The van der Waals surface area contributed by atoms with E-state index in [1.165, 1.54) is 92.5 Å². The SMILES string of the molecule is c1cc2c3c(cccc3c1)-c1cc(-c3ccc(-c4c5ccc6ccccc6c5cc5ccc6ccccc6c45)c4ccccc34)ccc1O2. The highest BCUT2D eigenvalue weighted by molar-refractivity contribution is 6.27. The van der Waals surface area contributed by atoms with Gasteiger partial charge >= 0.3 is 0 Å². The summed E-state index contributed by atoms with van der Waals surface area (Å²) in [4.78, 5) is 0. The number of fused-ring (bicyclic) bond motifs is 9. The van der Waals surface area contributed by atoms with Crippen molar-refractivity contribution in [2.75, 3.05) is 0 Å². The minimum atomic E-state index is 0.900. The van der Waals surface area contributed by atoms with Gasteiger partial charge in [-0.15, -0.1) is 0 Å². The summed E-state index contributed by atoms with van der Waals surface area (Å²) >= 11 is 0. The van der Waals surface area contributed by atoms with Crippen LogP contribution in [-0.2, 0) is 0 Å². The Hall–Kier alpha value is -6.44. The van der Waals surface area contributed by atoms with Gasteiger partial charge in [-0.25, -0.2) is 0 Å². The largest absolute Gasteiger partial charge is 0.456 e. The van der Waals surface area contributed by atoms with E-state index in [-0.39, 0.29) is 0 Å². The minimum absolute atomic E-state index is 0.900. The molecule has 0 radical (unpaired) electrons. The monoisotopic (exact) mass is 620 g/mol. The summed E-state index contributed by atoms with van der Waals surface area (Å²) < 4.78 is 6.45. The summed E-state index contributed by atoms with van der Waals surface area (Å²) in [6, 6.07) is 62.2. The Balaban J connectivity index is 1.21. The number of rotatable bonds is 2. The third-order valence-electron chi connectivity index (χ3n) is 10.6. The Labute approximate surface area is 283 Å². The second-order valence-corrected chi connectivity index (χ2v) is 13.2. The molecule has 1 aliphatic rings. The average molecular weight is 621 g/mol. The molecular weight excluding hydrogens is 593 g/mol. The van der Waals surface area contributed by atoms with Crippen LogP contribution in [0.25, 0.3) is 98.0 Å². The molecule has 1 heteroatoms. The van der Waals surface area contributed by atoms with Crippen LogP contribution in [0.4, 0.5) is 0 Å². The molecule has 0 atom stereocenters. The Morgan fingerprint density at radius 2 is 0.939 bits per heavy atom. The standard InChI is InChI=1S/C48H28O/c1-3-13-34-29(9-1)21-23-41-42(34)28-33-20-19-30-10-2-4-14-36(30)47(33)48(41)40-25-24-35(37-15-5-6-16-38(37)40)32-22-26-44-43(27-32)39-17-7-11-31-12-8-18-45(49-44)46(31)39/h1-28H. The molecule has 0 aromatic heterocycles. The van der Waals surface area contributed by atoms with Crippen LogP contribution in [-0.4, -0.2) is 0 Å². The van der Waals surface area contributed by atoms with Crippen LogP contribution in [0.2, 0.25) is 0 Å². The molecule has 0 unspecified atom stereocenters. The van der Waals surface area contributed by atoms with Gasteiger partial charge in [0.05, 0.1) is 0 Å². The molecular formula is C48H28O. The average Bonchev–Trinajstić information content (AvgIpc) is 3.17. The first-order chi connectivity index (χ1) is 24.3. The molecule has 10 aromatic carbocycles. The number of benzene rings is 10. The predicted octanol–water partition coefficient (Wildman–Crippen LogP) is 13.7. The third-order valence-corrected chi connectivity index (χ3v) is 10.6. The molecule has 10 aromatic rings. The van der Waals surface area contributed by atoms with Crippen molar-refractivity contribution in [1.29, 1.82) is 0 Å². The summed E-state index contributed by atoms with van der Waals surface area (Å²) in [6.45, 7) is 0. The second-order valence-electron chi connectivity index (χ2n) is 13.2. The van der Waals surface area contributed by atoms with Crippen LogP contribution in [0.15, 0.2) is 170 Å². The van der Waals surface area contributed by atoms with E-state index in [9.17, 15) is 0 Å². The van der Waals surface area contributed by atoms with Crippen molar-refractivity contribution in [3.05, 3.63) is 170 Å². The van der Waals surface area contributed by atoms with Crippen LogP contribution in [0, 0.1) is 0 Å². The van der Waals surface area contributed by atoms with E-state index < -0.39 is 0 Å². The quantitative estimate of drug-likeness (QED) is 0.138. The van der Waals surface area contributed by atoms with Gasteiger partial charge < -0.3 is 4.74 Å².